The largest absolute Gasteiger partial charge is 0.204 e. The van der Waals surface area contributed by atoms with Gasteiger partial charge in [0.1, 0.15) is 0 Å². The third-order valence-electron chi connectivity index (χ3n) is 2.60. The van der Waals surface area contributed by atoms with E-state index >= 15 is 0 Å². The summed E-state index contributed by atoms with van der Waals surface area (Å²) in [6, 6.07) is 0. The van der Waals surface area contributed by atoms with E-state index in [0.29, 0.717) is 5.92 Å². The Labute approximate surface area is 68.5 Å². The summed E-state index contributed by atoms with van der Waals surface area (Å²) in [7, 11) is 0. The summed E-state index contributed by atoms with van der Waals surface area (Å²) < 4.78 is 0. The lowest BCUT2D eigenvalue weighted by Crippen LogP contribution is -2.19. The Morgan fingerprint density at radius 2 is 2.00 bits per heavy atom. The fourth-order valence-corrected chi connectivity index (χ4v) is 1.83. The minimum atomic E-state index is 0.216. The zero-order valence-corrected chi connectivity index (χ0v) is 6.92. The highest BCUT2D eigenvalue weighted by atomic mass is 17.1. The van der Waals surface area contributed by atoms with Crippen molar-refractivity contribution in [2.24, 2.45) is 11.8 Å². The molecule has 64 valence electrons. The number of rotatable bonds is 3. The van der Waals surface area contributed by atoms with E-state index in [1.54, 1.807) is 0 Å². The van der Waals surface area contributed by atoms with Crippen LogP contribution in [-0.4, -0.2) is 6.61 Å². The lowest BCUT2D eigenvalue weighted by Gasteiger charge is -2.26. The zero-order chi connectivity index (χ0) is 8.10. The first kappa shape index (κ1) is 9.01. The van der Waals surface area contributed by atoms with E-state index in [0.717, 1.165) is 0 Å². The van der Waals surface area contributed by atoms with Gasteiger partial charge in [0.2, 0.25) is 0 Å². The van der Waals surface area contributed by atoms with E-state index in [4.69, 9.17) is 0 Å². The molecule has 2 nitrogen and oxygen atoms in total. The molecule has 0 aliphatic heterocycles. The molecule has 1 fully saturated rings. The van der Waals surface area contributed by atoms with Crippen molar-refractivity contribution >= 4 is 0 Å². The van der Waals surface area contributed by atoms with Crippen LogP contribution >= 0.6 is 0 Å². The second-order valence-corrected chi connectivity index (χ2v) is 3.44. The van der Waals surface area contributed by atoms with E-state index in [1.165, 1.54) is 32.1 Å². The molecule has 0 saturated heterocycles. The molecule has 1 rings (SSSR count). The maximum atomic E-state index is 9.84. The Morgan fingerprint density at radius 1 is 1.36 bits per heavy atom. The van der Waals surface area contributed by atoms with Gasteiger partial charge in [-0.25, -0.2) is 4.89 Å². The van der Waals surface area contributed by atoms with Crippen LogP contribution in [0.2, 0.25) is 0 Å². The summed E-state index contributed by atoms with van der Waals surface area (Å²) in [5.74, 6) is 0.852. The summed E-state index contributed by atoms with van der Waals surface area (Å²) in [5, 5.41) is 9.84. The number of hydrogen-bond donors (Lipinski definition) is 0. The third kappa shape index (κ3) is 2.80. The van der Waals surface area contributed by atoms with Crippen LogP contribution in [0.25, 0.3) is 0 Å². The molecule has 0 amide bonds. The Hall–Kier alpha value is -0.0800. The van der Waals surface area contributed by atoms with Gasteiger partial charge in [-0.1, -0.05) is 32.1 Å². The van der Waals surface area contributed by atoms with Crippen molar-refractivity contribution in [1.29, 1.82) is 0 Å². The minimum Gasteiger partial charge on any atom is -0.204 e. The minimum absolute atomic E-state index is 0.216. The molecule has 11 heavy (non-hydrogen) atoms. The molecule has 0 heterocycles. The summed E-state index contributed by atoms with van der Waals surface area (Å²) >= 11 is 0. The summed E-state index contributed by atoms with van der Waals surface area (Å²) in [5.41, 5.74) is 0. The van der Waals surface area contributed by atoms with Crippen LogP contribution in [0.5, 0.6) is 0 Å². The Balaban J connectivity index is 2.21. The fraction of sp³-hybridized carbons (Fsp3) is 0.889. The molecular formula is C9H16O2. The molecule has 1 aliphatic rings. The summed E-state index contributed by atoms with van der Waals surface area (Å²) in [4.78, 5) is 3.84. The van der Waals surface area contributed by atoms with Crippen LogP contribution in [0, 0.1) is 18.8 Å². The predicted molar refractivity (Wildman–Crippen MR) is 42.1 cm³/mol. The fourth-order valence-electron chi connectivity index (χ4n) is 1.83. The van der Waals surface area contributed by atoms with E-state index in [2.05, 4.69) is 11.8 Å². The highest BCUT2D eigenvalue weighted by Crippen LogP contribution is 2.29. The molecule has 1 aliphatic carbocycles. The average molecular weight is 156 g/mol. The molecular weight excluding hydrogens is 140 g/mol. The molecule has 2 heteroatoms. The standard InChI is InChI=1S/C9H16O2/c1-8(7-11-10)9-5-3-2-4-6-9/h8-9H,1-7H2. The van der Waals surface area contributed by atoms with Crippen molar-refractivity contribution in [2.45, 2.75) is 32.1 Å². The molecule has 2 radical (unpaired) electrons. The molecule has 0 bridgehead atoms. The lowest BCUT2D eigenvalue weighted by molar-refractivity contribution is -0.310. The summed E-state index contributed by atoms with van der Waals surface area (Å²) in [6.45, 7) is 4.21. The van der Waals surface area contributed by atoms with E-state index in [9.17, 15) is 5.26 Å². The lowest BCUT2D eigenvalue weighted by atomic mass is 9.81. The average Bonchev–Trinajstić information content (AvgIpc) is 2.07. The Morgan fingerprint density at radius 3 is 2.55 bits per heavy atom. The molecule has 0 aromatic heterocycles. The topological polar surface area (TPSA) is 29.1 Å². The van der Waals surface area contributed by atoms with Gasteiger partial charge < -0.3 is 0 Å². The van der Waals surface area contributed by atoms with Gasteiger partial charge >= 0.3 is 0 Å². The van der Waals surface area contributed by atoms with Gasteiger partial charge in [-0.2, -0.15) is 0 Å². The van der Waals surface area contributed by atoms with Crippen molar-refractivity contribution in [3.63, 3.8) is 0 Å². The Bertz CT molecular complexity index is 97.7. The first-order valence-corrected chi connectivity index (χ1v) is 4.42. The smallest absolute Gasteiger partial charge is 0.0885 e. The normalized spacial score (nSPS) is 23.5. The van der Waals surface area contributed by atoms with Gasteiger partial charge in [0, 0.05) is 0 Å². The van der Waals surface area contributed by atoms with Gasteiger partial charge in [-0.3, -0.25) is 0 Å². The van der Waals surface area contributed by atoms with E-state index in [-0.39, 0.29) is 12.5 Å². The maximum absolute atomic E-state index is 9.84. The highest BCUT2D eigenvalue weighted by Gasteiger charge is 2.20. The number of hydrogen-bond acceptors (Lipinski definition) is 1. The van der Waals surface area contributed by atoms with Crippen molar-refractivity contribution < 1.29 is 10.1 Å². The van der Waals surface area contributed by atoms with Crippen molar-refractivity contribution in [2.75, 3.05) is 6.61 Å². The molecule has 1 saturated carbocycles. The molecule has 1 unspecified atom stereocenters. The van der Waals surface area contributed by atoms with Crippen LogP contribution < -0.4 is 0 Å². The van der Waals surface area contributed by atoms with Crippen LogP contribution in [0.1, 0.15) is 32.1 Å². The third-order valence-corrected chi connectivity index (χ3v) is 2.60. The molecule has 0 aromatic rings. The molecule has 0 spiro atoms. The van der Waals surface area contributed by atoms with Crippen LogP contribution in [0.4, 0.5) is 0 Å². The predicted octanol–water partition coefficient (Wildman–Crippen LogP) is 2.38. The van der Waals surface area contributed by atoms with Gasteiger partial charge in [0.15, 0.2) is 0 Å². The molecule has 0 aromatic carbocycles. The maximum Gasteiger partial charge on any atom is 0.0885 e. The van der Waals surface area contributed by atoms with Gasteiger partial charge in [0.25, 0.3) is 0 Å². The highest BCUT2D eigenvalue weighted by molar-refractivity contribution is 4.74. The second-order valence-electron chi connectivity index (χ2n) is 3.44. The van der Waals surface area contributed by atoms with Gasteiger partial charge in [-0.15, -0.1) is 0 Å². The molecule has 0 N–H and O–H groups in total. The van der Waals surface area contributed by atoms with E-state index < -0.39 is 0 Å². The van der Waals surface area contributed by atoms with Gasteiger partial charge in [-0.05, 0) is 24.0 Å². The van der Waals surface area contributed by atoms with Crippen LogP contribution in [-0.2, 0) is 10.1 Å². The van der Waals surface area contributed by atoms with Crippen LogP contribution in [0.3, 0.4) is 0 Å². The second kappa shape index (κ2) is 4.73. The summed E-state index contributed by atoms with van der Waals surface area (Å²) in [6.07, 6.45) is 6.42. The van der Waals surface area contributed by atoms with Crippen molar-refractivity contribution in [1.82, 2.24) is 0 Å². The quantitative estimate of drug-likeness (QED) is 0.455. The van der Waals surface area contributed by atoms with Crippen molar-refractivity contribution in [3.05, 3.63) is 6.92 Å². The monoisotopic (exact) mass is 156 g/mol. The zero-order valence-electron chi connectivity index (χ0n) is 6.92. The first-order chi connectivity index (χ1) is 5.34. The first-order valence-electron chi connectivity index (χ1n) is 4.42. The van der Waals surface area contributed by atoms with Gasteiger partial charge in [0.05, 0.1) is 6.61 Å². The molecule has 1 atom stereocenters. The van der Waals surface area contributed by atoms with Crippen LogP contribution in [0.15, 0.2) is 0 Å². The Kier molecular flexibility index (Phi) is 3.87. The van der Waals surface area contributed by atoms with Crippen molar-refractivity contribution in [3.8, 4) is 0 Å². The van der Waals surface area contributed by atoms with E-state index in [1.807, 2.05) is 0 Å². The SMILES string of the molecule is [CH2]C(CO[O])C1CCCCC1.